The number of carbonyl (C=O) groups excluding carboxylic acids is 1. The predicted molar refractivity (Wildman–Crippen MR) is 58.5 cm³/mol. The number of amides is 1. The van der Waals surface area contributed by atoms with Crippen LogP contribution in [0.2, 0.25) is 0 Å². The molecule has 4 heteroatoms. The topological polar surface area (TPSA) is 66.4 Å². The molecule has 0 aliphatic carbocycles. The molecule has 1 atom stereocenters. The molecular formula is C11H21NO3. The summed E-state index contributed by atoms with van der Waals surface area (Å²) in [6.07, 6.45) is 2.42. The Labute approximate surface area is 91.1 Å². The van der Waals surface area contributed by atoms with E-state index >= 15 is 0 Å². The number of carboxylic acid groups (broad SMARTS) is 1. The highest BCUT2D eigenvalue weighted by Crippen LogP contribution is 2.11. The first-order valence-electron chi connectivity index (χ1n) is 5.34. The van der Waals surface area contributed by atoms with Crippen LogP contribution in [0.4, 0.5) is 0 Å². The molecule has 0 aliphatic rings. The van der Waals surface area contributed by atoms with Gasteiger partial charge in [0.05, 0.1) is 0 Å². The molecule has 0 saturated carbocycles. The third-order valence-corrected chi connectivity index (χ3v) is 2.30. The predicted octanol–water partition coefficient (Wildman–Crippen LogP) is 1.79. The van der Waals surface area contributed by atoms with Gasteiger partial charge in [-0.2, -0.15) is 0 Å². The molecule has 0 spiro atoms. The van der Waals surface area contributed by atoms with Crippen molar-refractivity contribution in [2.24, 2.45) is 5.92 Å². The standard InChI is InChI=1S/C11H21NO3/c1-5-6-8(2)7-9(13)12-11(3,4)10(14)15/h8H,5-7H2,1-4H3,(H,12,13)(H,14,15). The molecule has 0 rings (SSSR count). The maximum atomic E-state index is 11.5. The van der Waals surface area contributed by atoms with Crippen molar-refractivity contribution in [3.8, 4) is 0 Å². The number of rotatable bonds is 6. The van der Waals surface area contributed by atoms with Crippen LogP contribution in [-0.4, -0.2) is 22.5 Å². The van der Waals surface area contributed by atoms with Gasteiger partial charge in [0.2, 0.25) is 5.91 Å². The summed E-state index contributed by atoms with van der Waals surface area (Å²) >= 11 is 0. The molecule has 0 heterocycles. The molecule has 0 fully saturated rings. The second kappa shape index (κ2) is 5.73. The first-order chi connectivity index (χ1) is 6.79. The summed E-state index contributed by atoms with van der Waals surface area (Å²) in [6.45, 7) is 7.03. The zero-order valence-corrected chi connectivity index (χ0v) is 9.96. The Morgan fingerprint density at radius 3 is 2.33 bits per heavy atom. The number of carboxylic acids is 1. The van der Waals surface area contributed by atoms with E-state index in [9.17, 15) is 9.59 Å². The van der Waals surface area contributed by atoms with Gasteiger partial charge in [0.25, 0.3) is 0 Å². The third-order valence-electron chi connectivity index (χ3n) is 2.30. The smallest absolute Gasteiger partial charge is 0.328 e. The van der Waals surface area contributed by atoms with Crippen LogP contribution in [0, 0.1) is 5.92 Å². The van der Waals surface area contributed by atoms with E-state index in [1.807, 2.05) is 6.92 Å². The Balaban J connectivity index is 4.09. The molecule has 0 bridgehead atoms. The van der Waals surface area contributed by atoms with Crippen molar-refractivity contribution in [3.63, 3.8) is 0 Å². The van der Waals surface area contributed by atoms with Crippen LogP contribution in [0.5, 0.6) is 0 Å². The fourth-order valence-corrected chi connectivity index (χ4v) is 1.36. The van der Waals surface area contributed by atoms with Crippen LogP contribution in [0.3, 0.4) is 0 Å². The minimum Gasteiger partial charge on any atom is -0.480 e. The zero-order valence-electron chi connectivity index (χ0n) is 9.96. The van der Waals surface area contributed by atoms with Crippen LogP contribution in [0.15, 0.2) is 0 Å². The van der Waals surface area contributed by atoms with Gasteiger partial charge < -0.3 is 10.4 Å². The van der Waals surface area contributed by atoms with Gasteiger partial charge in [0, 0.05) is 6.42 Å². The largest absolute Gasteiger partial charge is 0.480 e. The Hall–Kier alpha value is -1.06. The average molecular weight is 215 g/mol. The van der Waals surface area contributed by atoms with Crippen molar-refractivity contribution >= 4 is 11.9 Å². The lowest BCUT2D eigenvalue weighted by Gasteiger charge is -2.22. The Morgan fingerprint density at radius 2 is 1.93 bits per heavy atom. The second-order valence-electron chi connectivity index (χ2n) is 4.58. The number of nitrogens with one attached hydrogen (secondary N) is 1. The molecule has 15 heavy (non-hydrogen) atoms. The molecular weight excluding hydrogens is 194 g/mol. The monoisotopic (exact) mass is 215 g/mol. The molecule has 0 aromatic heterocycles. The van der Waals surface area contributed by atoms with Crippen LogP contribution in [-0.2, 0) is 9.59 Å². The summed E-state index contributed by atoms with van der Waals surface area (Å²) in [4.78, 5) is 22.2. The van der Waals surface area contributed by atoms with Crippen LogP contribution in [0.1, 0.15) is 47.0 Å². The van der Waals surface area contributed by atoms with Gasteiger partial charge in [-0.25, -0.2) is 4.79 Å². The number of carbonyl (C=O) groups is 2. The number of hydrogen-bond acceptors (Lipinski definition) is 2. The second-order valence-corrected chi connectivity index (χ2v) is 4.58. The van der Waals surface area contributed by atoms with Crippen molar-refractivity contribution in [1.29, 1.82) is 0 Å². The van der Waals surface area contributed by atoms with E-state index in [0.29, 0.717) is 12.3 Å². The summed E-state index contributed by atoms with van der Waals surface area (Å²) < 4.78 is 0. The van der Waals surface area contributed by atoms with Crippen molar-refractivity contribution in [1.82, 2.24) is 5.32 Å². The summed E-state index contributed by atoms with van der Waals surface area (Å²) in [6, 6.07) is 0. The van der Waals surface area contributed by atoms with Gasteiger partial charge in [-0.1, -0.05) is 26.7 Å². The Bertz CT molecular complexity index is 236. The Morgan fingerprint density at radius 1 is 1.40 bits per heavy atom. The number of hydrogen-bond donors (Lipinski definition) is 2. The van der Waals surface area contributed by atoms with Crippen molar-refractivity contribution < 1.29 is 14.7 Å². The third kappa shape index (κ3) is 5.40. The van der Waals surface area contributed by atoms with E-state index in [2.05, 4.69) is 12.2 Å². The number of aliphatic carboxylic acids is 1. The molecule has 2 N–H and O–H groups in total. The lowest BCUT2D eigenvalue weighted by molar-refractivity contribution is -0.146. The van der Waals surface area contributed by atoms with Gasteiger partial charge in [-0.3, -0.25) is 4.79 Å². The van der Waals surface area contributed by atoms with Crippen molar-refractivity contribution in [2.75, 3.05) is 0 Å². The van der Waals surface area contributed by atoms with E-state index in [1.54, 1.807) is 0 Å². The van der Waals surface area contributed by atoms with E-state index in [4.69, 9.17) is 5.11 Å². The molecule has 1 unspecified atom stereocenters. The van der Waals surface area contributed by atoms with Crippen LogP contribution >= 0.6 is 0 Å². The molecule has 0 aliphatic heterocycles. The van der Waals surface area contributed by atoms with Crippen molar-refractivity contribution in [2.45, 2.75) is 52.5 Å². The van der Waals surface area contributed by atoms with E-state index < -0.39 is 11.5 Å². The fourth-order valence-electron chi connectivity index (χ4n) is 1.36. The molecule has 0 aromatic rings. The lowest BCUT2D eigenvalue weighted by Crippen LogP contribution is -2.49. The minimum atomic E-state index is -1.18. The molecule has 0 aromatic carbocycles. The maximum absolute atomic E-state index is 11.5. The SMILES string of the molecule is CCCC(C)CC(=O)NC(C)(C)C(=O)O. The highest BCUT2D eigenvalue weighted by atomic mass is 16.4. The minimum absolute atomic E-state index is 0.191. The quantitative estimate of drug-likeness (QED) is 0.710. The average Bonchev–Trinajstić information content (AvgIpc) is 2.02. The van der Waals surface area contributed by atoms with Gasteiger partial charge >= 0.3 is 5.97 Å². The highest BCUT2D eigenvalue weighted by molar-refractivity contribution is 5.86. The normalized spacial score (nSPS) is 13.3. The first kappa shape index (κ1) is 13.9. The molecule has 0 radical (unpaired) electrons. The van der Waals surface area contributed by atoms with E-state index in [0.717, 1.165) is 12.8 Å². The van der Waals surface area contributed by atoms with Crippen LogP contribution in [0.25, 0.3) is 0 Å². The van der Waals surface area contributed by atoms with Crippen molar-refractivity contribution in [3.05, 3.63) is 0 Å². The first-order valence-corrected chi connectivity index (χ1v) is 5.34. The van der Waals surface area contributed by atoms with E-state index in [1.165, 1.54) is 13.8 Å². The van der Waals surface area contributed by atoms with Gasteiger partial charge in [-0.15, -0.1) is 0 Å². The van der Waals surface area contributed by atoms with Gasteiger partial charge in [-0.05, 0) is 19.8 Å². The van der Waals surface area contributed by atoms with Gasteiger partial charge in [0.15, 0.2) is 0 Å². The molecule has 1 amide bonds. The summed E-state index contributed by atoms with van der Waals surface area (Å²) in [5.41, 5.74) is -1.18. The summed E-state index contributed by atoms with van der Waals surface area (Å²) in [7, 11) is 0. The highest BCUT2D eigenvalue weighted by Gasteiger charge is 2.28. The lowest BCUT2D eigenvalue weighted by atomic mass is 10.00. The fraction of sp³-hybridized carbons (Fsp3) is 0.818. The zero-order chi connectivity index (χ0) is 12.1. The maximum Gasteiger partial charge on any atom is 0.328 e. The van der Waals surface area contributed by atoms with Gasteiger partial charge in [0.1, 0.15) is 5.54 Å². The molecule has 4 nitrogen and oxygen atoms in total. The molecule has 88 valence electrons. The Kier molecular flexibility index (Phi) is 5.33. The van der Waals surface area contributed by atoms with Crippen LogP contribution < -0.4 is 5.32 Å². The summed E-state index contributed by atoms with van der Waals surface area (Å²) in [5.74, 6) is -0.901. The molecule has 0 saturated heterocycles. The summed E-state index contributed by atoms with van der Waals surface area (Å²) in [5, 5.41) is 11.3. The van der Waals surface area contributed by atoms with E-state index in [-0.39, 0.29) is 5.91 Å².